The number of fused-ring (bicyclic) bond motifs is 1. The van der Waals surface area contributed by atoms with Gasteiger partial charge in [0.25, 0.3) is 11.8 Å². The average molecular weight is 411 g/mol. The summed E-state index contributed by atoms with van der Waals surface area (Å²) in [7, 11) is 0. The molecule has 0 fully saturated rings. The summed E-state index contributed by atoms with van der Waals surface area (Å²) in [5, 5.41) is 0.906. The van der Waals surface area contributed by atoms with Crippen molar-refractivity contribution in [3.63, 3.8) is 0 Å². The molecule has 0 unspecified atom stereocenters. The average Bonchev–Trinajstić information content (AvgIpc) is 3.18. The number of amides is 2. The van der Waals surface area contributed by atoms with Gasteiger partial charge in [0, 0.05) is 16.5 Å². The number of para-hydroxylation sites is 1. The van der Waals surface area contributed by atoms with E-state index in [-0.39, 0.29) is 5.56 Å². The first-order chi connectivity index (χ1) is 14.6. The first-order valence-corrected chi connectivity index (χ1v) is 9.82. The van der Waals surface area contributed by atoms with E-state index in [1.165, 1.54) is 0 Å². The van der Waals surface area contributed by atoms with Gasteiger partial charge in [0.15, 0.2) is 11.5 Å². The molecule has 3 aromatic rings. The molecule has 0 atom stereocenters. The number of carbonyl (C=O) groups excluding carboxylic acids is 2. The molecule has 0 saturated carbocycles. The van der Waals surface area contributed by atoms with E-state index < -0.39 is 11.8 Å². The summed E-state index contributed by atoms with van der Waals surface area (Å²) in [4.78, 5) is 28.1. The van der Waals surface area contributed by atoms with Crippen molar-refractivity contribution in [2.45, 2.75) is 20.8 Å². The second-order valence-corrected chi connectivity index (χ2v) is 6.28. The molecule has 0 aliphatic heterocycles. The predicted octanol–water partition coefficient (Wildman–Crippen LogP) is 3.44. The van der Waals surface area contributed by atoms with Crippen LogP contribution in [0.2, 0.25) is 0 Å². The zero-order valence-corrected chi connectivity index (χ0v) is 17.2. The predicted molar refractivity (Wildman–Crippen MR) is 113 cm³/mol. The normalized spacial score (nSPS) is 10.5. The Bertz CT molecular complexity index is 984. The fourth-order valence-electron chi connectivity index (χ4n) is 2.97. The molecule has 2 amide bonds. The molecule has 8 nitrogen and oxygen atoms in total. The van der Waals surface area contributed by atoms with Crippen LogP contribution >= 0.6 is 0 Å². The van der Waals surface area contributed by atoms with Gasteiger partial charge in [-0.1, -0.05) is 18.2 Å². The summed E-state index contributed by atoms with van der Waals surface area (Å²) in [6.45, 7) is 6.74. The number of hydrogen-bond acceptors (Lipinski definition) is 5. The van der Waals surface area contributed by atoms with Gasteiger partial charge >= 0.3 is 0 Å². The number of aromatic nitrogens is 1. The number of benzene rings is 2. The van der Waals surface area contributed by atoms with Crippen molar-refractivity contribution in [1.82, 2.24) is 15.8 Å². The molecule has 8 heteroatoms. The number of H-pyrrole nitrogens is 1. The maximum absolute atomic E-state index is 12.6. The number of carbonyl (C=O) groups is 2. The number of nitrogens with one attached hydrogen (secondary N) is 3. The van der Waals surface area contributed by atoms with Gasteiger partial charge in [-0.3, -0.25) is 20.4 Å². The maximum atomic E-state index is 12.6. The minimum Gasteiger partial charge on any atom is -0.490 e. The maximum Gasteiger partial charge on any atom is 0.286 e. The number of ether oxygens (including phenoxy) is 3. The zero-order valence-electron chi connectivity index (χ0n) is 17.2. The summed E-state index contributed by atoms with van der Waals surface area (Å²) >= 11 is 0. The molecule has 0 saturated heterocycles. The van der Waals surface area contributed by atoms with E-state index in [4.69, 9.17) is 14.2 Å². The highest BCUT2D eigenvalue weighted by atomic mass is 16.5. The SMILES string of the molecule is CCOc1cc(C(=O)NNC(=O)c2cc3ccccc3[nH]2)cc(OCC)c1OCC. The molecule has 158 valence electrons. The highest BCUT2D eigenvalue weighted by Crippen LogP contribution is 2.39. The quantitative estimate of drug-likeness (QED) is 0.493. The van der Waals surface area contributed by atoms with Crippen LogP contribution in [0.4, 0.5) is 0 Å². The Kier molecular flexibility index (Phi) is 6.79. The lowest BCUT2D eigenvalue weighted by Gasteiger charge is -2.17. The topological polar surface area (TPSA) is 102 Å². The van der Waals surface area contributed by atoms with E-state index >= 15 is 0 Å². The smallest absolute Gasteiger partial charge is 0.286 e. The first-order valence-electron chi connectivity index (χ1n) is 9.82. The Labute approximate surface area is 174 Å². The van der Waals surface area contributed by atoms with Crippen molar-refractivity contribution in [1.29, 1.82) is 0 Å². The van der Waals surface area contributed by atoms with Crippen LogP contribution in [-0.4, -0.2) is 36.6 Å². The Balaban J connectivity index is 1.77. The molecular weight excluding hydrogens is 386 g/mol. The van der Waals surface area contributed by atoms with E-state index in [1.807, 2.05) is 45.0 Å². The summed E-state index contributed by atoms with van der Waals surface area (Å²) in [6.07, 6.45) is 0. The highest BCUT2D eigenvalue weighted by Gasteiger charge is 2.19. The molecule has 30 heavy (non-hydrogen) atoms. The Morgan fingerprint density at radius 2 is 1.43 bits per heavy atom. The van der Waals surface area contributed by atoms with Crippen LogP contribution in [0.5, 0.6) is 17.2 Å². The third-order valence-electron chi connectivity index (χ3n) is 4.24. The van der Waals surface area contributed by atoms with Crippen LogP contribution in [0.25, 0.3) is 10.9 Å². The molecule has 0 aliphatic carbocycles. The van der Waals surface area contributed by atoms with E-state index in [2.05, 4.69) is 15.8 Å². The van der Waals surface area contributed by atoms with Crippen LogP contribution in [0, 0.1) is 0 Å². The number of aromatic amines is 1. The van der Waals surface area contributed by atoms with Crippen LogP contribution in [0.1, 0.15) is 41.6 Å². The van der Waals surface area contributed by atoms with Crippen molar-refractivity contribution in [2.75, 3.05) is 19.8 Å². The number of hydrogen-bond donors (Lipinski definition) is 3. The summed E-state index contributed by atoms with van der Waals surface area (Å²) in [5.41, 5.74) is 6.28. The van der Waals surface area contributed by atoms with E-state index in [1.54, 1.807) is 18.2 Å². The largest absolute Gasteiger partial charge is 0.490 e. The molecule has 1 aromatic heterocycles. The number of hydrazine groups is 1. The van der Waals surface area contributed by atoms with Gasteiger partial charge in [-0.2, -0.15) is 0 Å². The third kappa shape index (κ3) is 4.65. The minimum absolute atomic E-state index is 0.266. The molecule has 2 aromatic carbocycles. The molecule has 0 radical (unpaired) electrons. The second-order valence-electron chi connectivity index (χ2n) is 6.28. The van der Waals surface area contributed by atoms with Gasteiger partial charge in [-0.15, -0.1) is 0 Å². The van der Waals surface area contributed by atoms with E-state index in [9.17, 15) is 9.59 Å². The fourth-order valence-corrected chi connectivity index (χ4v) is 2.97. The Morgan fingerprint density at radius 3 is 2.03 bits per heavy atom. The van der Waals surface area contributed by atoms with Crippen LogP contribution < -0.4 is 25.1 Å². The molecular formula is C22H25N3O5. The lowest BCUT2D eigenvalue weighted by molar-refractivity contribution is 0.0844. The lowest BCUT2D eigenvalue weighted by Crippen LogP contribution is -2.41. The van der Waals surface area contributed by atoms with E-state index in [0.717, 1.165) is 10.9 Å². The summed E-state index contributed by atoms with van der Waals surface area (Å²) < 4.78 is 16.9. The van der Waals surface area contributed by atoms with Gasteiger partial charge in [0.1, 0.15) is 5.69 Å². The summed E-state index contributed by atoms with van der Waals surface area (Å²) in [5.74, 6) is 0.277. The molecule has 0 bridgehead atoms. The van der Waals surface area contributed by atoms with Crippen LogP contribution in [-0.2, 0) is 0 Å². The molecule has 0 spiro atoms. The van der Waals surface area contributed by atoms with Crippen molar-refractivity contribution in [2.24, 2.45) is 0 Å². The standard InChI is InChI=1S/C22H25N3O5/c1-4-28-18-12-15(13-19(29-5-2)20(18)30-6-3)21(26)24-25-22(27)17-11-14-9-7-8-10-16(14)23-17/h7-13,23H,4-6H2,1-3H3,(H,24,26)(H,25,27). The lowest BCUT2D eigenvalue weighted by atomic mass is 10.1. The van der Waals surface area contributed by atoms with Gasteiger partial charge in [0.2, 0.25) is 5.75 Å². The van der Waals surface area contributed by atoms with Crippen molar-refractivity contribution >= 4 is 22.7 Å². The van der Waals surface area contributed by atoms with Crippen molar-refractivity contribution in [3.8, 4) is 17.2 Å². The summed E-state index contributed by atoms with van der Waals surface area (Å²) in [6, 6.07) is 12.4. The molecule has 3 N–H and O–H groups in total. The van der Waals surface area contributed by atoms with Crippen molar-refractivity contribution < 1.29 is 23.8 Å². The minimum atomic E-state index is -0.510. The monoisotopic (exact) mass is 411 g/mol. The zero-order chi connectivity index (χ0) is 21.5. The highest BCUT2D eigenvalue weighted by molar-refractivity contribution is 6.01. The van der Waals surface area contributed by atoms with Gasteiger partial charge in [-0.25, -0.2) is 0 Å². The van der Waals surface area contributed by atoms with Gasteiger partial charge < -0.3 is 19.2 Å². The fraction of sp³-hybridized carbons (Fsp3) is 0.273. The van der Waals surface area contributed by atoms with Crippen molar-refractivity contribution in [3.05, 3.63) is 53.7 Å². The second kappa shape index (κ2) is 9.69. The van der Waals surface area contributed by atoms with Crippen LogP contribution in [0.3, 0.4) is 0 Å². The first kappa shape index (κ1) is 21.0. The van der Waals surface area contributed by atoms with Crippen LogP contribution in [0.15, 0.2) is 42.5 Å². The molecule has 1 heterocycles. The van der Waals surface area contributed by atoms with E-state index in [0.29, 0.717) is 42.8 Å². The molecule has 0 aliphatic rings. The number of rotatable bonds is 8. The van der Waals surface area contributed by atoms with Gasteiger partial charge in [-0.05, 0) is 45.0 Å². The van der Waals surface area contributed by atoms with Gasteiger partial charge in [0.05, 0.1) is 19.8 Å². The Hall–Kier alpha value is -3.68. The Morgan fingerprint density at radius 1 is 0.833 bits per heavy atom. The third-order valence-corrected chi connectivity index (χ3v) is 4.24. The molecule has 3 rings (SSSR count).